The van der Waals surface area contributed by atoms with Crippen LogP contribution in [0, 0.1) is 6.92 Å². The van der Waals surface area contributed by atoms with E-state index in [9.17, 15) is 0 Å². The van der Waals surface area contributed by atoms with Crippen LogP contribution >= 0.6 is 11.6 Å². The van der Waals surface area contributed by atoms with Crippen LogP contribution in [0.15, 0.2) is 28.8 Å². The Kier molecular flexibility index (Phi) is 2.50. The average molecular weight is 209 g/mol. The van der Waals surface area contributed by atoms with Crippen LogP contribution in [0.2, 0.25) is 5.02 Å². The second kappa shape index (κ2) is 3.80. The standard InChI is InChI=1S/C10H9ClN2O/c1-7-12-10(14-13-7)6-8-4-2-3-5-9(8)11/h2-5H,6H2,1H3. The lowest BCUT2D eigenvalue weighted by Gasteiger charge is -1.98. The van der Waals surface area contributed by atoms with Gasteiger partial charge in [0, 0.05) is 5.02 Å². The van der Waals surface area contributed by atoms with E-state index >= 15 is 0 Å². The van der Waals surface area contributed by atoms with Crippen LogP contribution in [0.5, 0.6) is 0 Å². The molecule has 1 aromatic carbocycles. The molecule has 0 saturated carbocycles. The Hall–Kier alpha value is -1.35. The van der Waals surface area contributed by atoms with Gasteiger partial charge in [-0.1, -0.05) is 35.0 Å². The third-order valence-electron chi connectivity index (χ3n) is 1.87. The van der Waals surface area contributed by atoms with E-state index < -0.39 is 0 Å². The molecule has 0 fully saturated rings. The van der Waals surface area contributed by atoms with Gasteiger partial charge in [0.2, 0.25) is 5.89 Å². The van der Waals surface area contributed by atoms with Gasteiger partial charge in [0.05, 0.1) is 6.42 Å². The number of rotatable bonds is 2. The molecule has 1 aromatic heterocycles. The molecule has 4 heteroatoms. The van der Waals surface area contributed by atoms with Gasteiger partial charge < -0.3 is 4.52 Å². The third-order valence-corrected chi connectivity index (χ3v) is 2.24. The van der Waals surface area contributed by atoms with E-state index in [1.54, 1.807) is 6.92 Å². The van der Waals surface area contributed by atoms with Crippen molar-refractivity contribution in [1.82, 2.24) is 10.1 Å². The number of nitrogens with zero attached hydrogens (tertiary/aromatic N) is 2. The van der Waals surface area contributed by atoms with Crippen LogP contribution in [0.25, 0.3) is 0 Å². The molecular weight excluding hydrogens is 200 g/mol. The van der Waals surface area contributed by atoms with Gasteiger partial charge in [0.15, 0.2) is 5.82 Å². The van der Waals surface area contributed by atoms with Gasteiger partial charge in [0.1, 0.15) is 0 Å². The summed E-state index contributed by atoms with van der Waals surface area (Å²) in [6, 6.07) is 7.62. The molecule has 2 rings (SSSR count). The number of hydrogen-bond donors (Lipinski definition) is 0. The van der Waals surface area contributed by atoms with Crippen molar-refractivity contribution in [3.8, 4) is 0 Å². The third kappa shape index (κ3) is 1.93. The molecule has 14 heavy (non-hydrogen) atoms. The van der Waals surface area contributed by atoms with Crippen LogP contribution in [0.4, 0.5) is 0 Å². The van der Waals surface area contributed by atoms with E-state index in [-0.39, 0.29) is 0 Å². The zero-order valence-corrected chi connectivity index (χ0v) is 8.45. The molecule has 1 heterocycles. The van der Waals surface area contributed by atoms with Crippen LogP contribution in [0.3, 0.4) is 0 Å². The maximum atomic E-state index is 5.99. The van der Waals surface area contributed by atoms with Crippen molar-refractivity contribution in [1.29, 1.82) is 0 Å². The van der Waals surface area contributed by atoms with Gasteiger partial charge in [-0.05, 0) is 18.6 Å². The molecular formula is C10H9ClN2O. The highest BCUT2D eigenvalue weighted by Crippen LogP contribution is 2.17. The predicted octanol–water partition coefficient (Wildman–Crippen LogP) is 2.62. The first-order valence-corrected chi connectivity index (χ1v) is 4.66. The molecule has 0 bridgehead atoms. The van der Waals surface area contributed by atoms with Crippen LogP contribution in [-0.2, 0) is 6.42 Å². The molecule has 0 spiro atoms. The molecule has 0 atom stereocenters. The summed E-state index contributed by atoms with van der Waals surface area (Å²) >= 11 is 5.99. The quantitative estimate of drug-likeness (QED) is 0.762. The van der Waals surface area contributed by atoms with Gasteiger partial charge in [-0.2, -0.15) is 4.98 Å². The summed E-state index contributed by atoms with van der Waals surface area (Å²) in [4.78, 5) is 4.11. The van der Waals surface area contributed by atoms with Crippen molar-refractivity contribution in [3.63, 3.8) is 0 Å². The van der Waals surface area contributed by atoms with Crippen LogP contribution in [-0.4, -0.2) is 10.1 Å². The number of aromatic nitrogens is 2. The summed E-state index contributed by atoms with van der Waals surface area (Å²) in [5.41, 5.74) is 0.998. The maximum absolute atomic E-state index is 5.99. The average Bonchev–Trinajstić information content (AvgIpc) is 2.56. The molecule has 0 aliphatic rings. The first-order valence-electron chi connectivity index (χ1n) is 4.28. The molecule has 0 aliphatic heterocycles. The molecule has 3 nitrogen and oxygen atoms in total. The largest absolute Gasteiger partial charge is 0.339 e. The fourth-order valence-corrected chi connectivity index (χ4v) is 1.42. The number of halogens is 1. The van der Waals surface area contributed by atoms with Crippen molar-refractivity contribution in [2.45, 2.75) is 13.3 Å². The number of aryl methyl sites for hydroxylation is 1. The van der Waals surface area contributed by atoms with Crippen molar-refractivity contribution in [2.75, 3.05) is 0 Å². The fraction of sp³-hybridized carbons (Fsp3) is 0.200. The van der Waals surface area contributed by atoms with E-state index in [1.165, 1.54) is 0 Å². The molecule has 0 amide bonds. The smallest absolute Gasteiger partial charge is 0.231 e. The van der Waals surface area contributed by atoms with Crippen LogP contribution in [0.1, 0.15) is 17.3 Å². The Morgan fingerprint density at radius 1 is 1.36 bits per heavy atom. The van der Waals surface area contributed by atoms with E-state index in [4.69, 9.17) is 16.1 Å². The normalized spacial score (nSPS) is 10.4. The van der Waals surface area contributed by atoms with Crippen molar-refractivity contribution >= 4 is 11.6 Å². The zero-order chi connectivity index (χ0) is 9.97. The van der Waals surface area contributed by atoms with Crippen molar-refractivity contribution < 1.29 is 4.52 Å². The van der Waals surface area contributed by atoms with E-state index in [1.807, 2.05) is 24.3 Å². The van der Waals surface area contributed by atoms with Gasteiger partial charge in [-0.15, -0.1) is 0 Å². The minimum Gasteiger partial charge on any atom is -0.339 e. The molecule has 2 aromatic rings. The van der Waals surface area contributed by atoms with Gasteiger partial charge >= 0.3 is 0 Å². The van der Waals surface area contributed by atoms with Gasteiger partial charge in [-0.25, -0.2) is 0 Å². The lowest BCUT2D eigenvalue weighted by molar-refractivity contribution is 0.381. The molecule has 0 N–H and O–H groups in total. The minimum atomic E-state index is 0.584. The highest BCUT2D eigenvalue weighted by molar-refractivity contribution is 6.31. The SMILES string of the molecule is Cc1noc(Cc2ccccc2Cl)n1. The minimum absolute atomic E-state index is 0.584. The van der Waals surface area contributed by atoms with Crippen molar-refractivity contribution in [3.05, 3.63) is 46.6 Å². The fourth-order valence-electron chi connectivity index (χ4n) is 1.22. The first kappa shape index (κ1) is 9.21. The number of benzene rings is 1. The summed E-state index contributed by atoms with van der Waals surface area (Å²) < 4.78 is 5.00. The van der Waals surface area contributed by atoms with Crippen molar-refractivity contribution in [2.24, 2.45) is 0 Å². The first-order chi connectivity index (χ1) is 6.75. The molecule has 0 saturated heterocycles. The van der Waals surface area contributed by atoms with E-state index in [0.29, 0.717) is 18.1 Å². The zero-order valence-electron chi connectivity index (χ0n) is 7.70. The van der Waals surface area contributed by atoms with Crippen LogP contribution < -0.4 is 0 Å². The Labute approximate surface area is 86.7 Å². The van der Waals surface area contributed by atoms with E-state index in [2.05, 4.69) is 10.1 Å². The highest BCUT2D eigenvalue weighted by Gasteiger charge is 2.06. The maximum Gasteiger partial charge on any atom is 0.231 e. The Bertz CT molecular complexity index is 439. The Balaban J connectivity index is 2.23. The molecule has 0 radical (unpaired) electrons. The second-order valence-electron chi connectivity index (χ2n) is 3.00. The summed E-state index contributed by atoms with van der Waals surface area (Å²) in [5.74, 6) is 1.24. The molecule has 0 aliphatic carbocycles. The summed E-state index contributed by atoms with van der Waals surface area (Å²) in [5, 5.41) is 4.44. The van der Waals surface area contributed by atoms with Gasteiger partial charge in [0.25, 0.3) is 0 Å². The van der Waals surface area contributed by atoms with Gasteiger partial charge in [-0.3, -0.25) is 0 Å². The summed E-state index contributed by atoms with van der Waals surface area (Å²) in [7, 11) is 0. The lowest BCUT2D eigenvalue weighted by atomic mass is 10.1. The number of hydrogen-bond acceptors (Lipinski definition) is 3. The summed E-state index contributed by atoms with van der Waals surface area (Å²) in [6.07, 6.45) is 0.584. The Morgan fingerprint density at radius 2 is 2.14 bits per heavy atom. The topological polar surface area (TPSA) is 38.9 Å². The van der Waals surface area contributed by atoms with E-state index in [0.717, 1.165) is 10.6 Å². The molecule has 0 unspecified atom stereocenters. The second-order valence-corrected chi connectivity index (χ2v) is 3.41. The monoisotopic (exact) mass is 208 g/mol. The molecule has 72 valence electrons. The summed E-state index contributed by atoms with van der Waals surface area (Å²) in [6.45, 7) is 1.79. The lowest BCUT2D eigenvalue weighted by Crippen LogP contribution is -1.89. The highest BCUT2D eigenvalue weighted by atomic mass is 35.5. The predicted molar refractivity (Wildman–Crippen MR) is 53.3 cm³/mol. The Morgan fingerprint density at radius 3 is 2.79 bits per heavy atom.